The summed E-state index contributed by atoms with van der Waals surface area (Å²) < 4.78 is 2.02. The van der Waals surface area contributed by atoms with Crippen LogP contribution in [0.1, 0.15) is 27.2 Å². The normalized spacial score (nSPS) is 21.0. The lowest BCUT2D eigenvalue weighted by Gasteiger charge is -2.32. The van der Waals surface area contributed by atoms with Crippen molar-refractivity contribution in [1.29, 1.82) is 0 Å². The van der Waals surface area contributed by atoms with E-state index in [1.165, 1.54) is 0 Å². The summed E-state index contributed by atoms with van der Waals surface area (Å²) in [5.74, 6) is 2.30. The summed E-state index contributed by atoms with van der Waals surface area (Å²) in [6, 6.07) is 0.396. The standard InChI is InChI=1S/C15H26N4OS/c1-15(2,3)13(9-19-6-4-16-11-19)18-14(20)8-12-10-21-7-5-17-12/h4,6,11-13,17H,5,7-10H2,1-3H3,(H,18,20). The quantitative estimate of drug-likeness (QED) is 0.865. The van der Waals surface area contributed by atoms with Gasteiger partial charge >= 0.3 is 0 Å². The summed E-state index contributed by atoms with van der Waals surface area (Å²) in [4.78, 5) is 16.4. The first-order valence-electron chi connectivity index (χ1n) is 7.51. The number of nitrogens with zero attached hydrogens (tertiary/aromatic N) is 2. The van der Waals surface area contributed by atoms with Crippen LogP contribution in [-0.2, 0) is 11.3 Å². The van der Waals surface area contributed by atoms with Gasteiger partial charge in [-0.05, 0) is 5.41 Å². The smallest absolute Gasteiger partial charge is 0.221 e. The number of nitrogens with one attached hydrogen (secondary N) is 2. The Morgan fingerprint density at radius 3 is 2.95 bits per heavy atom. The number of hydrogen-bond acceptors (Lipinski definition) is 4. The maximum absolute atomic E-state index is 12.3. The minimum absolute atomic E-state index is 0.00860. The second-order valence-corrected chi connectivity index (χ2v) is 7.83. The third-order valence-electron chi connectivity index (χ3n) is 3.76. The minimum Gasteiger partial charge on any atom is -0.351 e. The van der Waals surface area contributed by atoms with Crippen LogP contribution in [-0.4, -0.2) is 45.6 Å². The van der Waals surface area contributed by atoms with E-state index in [0.717, 1.165) is 24.6 Å². The highest BCUT2D eigenvalue weighted by molar-refractivity contribution is 7.99. The van der Waals surface area contributed by atoms with Crippen LogP contribution < -0.4 is 10.6 Å². The highest BCUT2D eigenvalue weighted by atomic mass is 32.2. The molecule has 1 aliphatic rings. The molecule has 1 aromatic heterocycles. The van der Waals surface area contributed by atoms with Crippen molar-refractivity contribution in [3.8, 4) is 0 Å². The zero-order valence-corrected chi connectivity index (χ0v) is 13.9. The number of imidazole rings is 1. The van der Waals surface area contributed by atoms with E-state index in [9.17, 15) is 4.79 Å². The molecule has 1 saturated heterocycles. The maximum atomic E-state index is 12.3. The van der Waals surface area contributed by atoms with Gasteiger partial charge in [-0.15, -0.1) is 0 Å². The first-order valence-corrected chi connectivity index (χ1v) is 8.67. The predicted octanol–water partition coefficient (Wildman–Crippen LogP) is 1.51. The Morgan fingerprint density at radius 2 is 2.38 bits per heavy atom. The Hall–Kier alpha value is -1.01. The van der Waals surface area contributed by atoms with E-state index in [1.54, 1.807) is 12.5 Å². The van der Waals surface area contributed by atoms with E-state index >= 15 is 0 Å². The number of carbonyl (C=O) groups is 1. The topological polar surface area (TPSA) is 59.0 Å². The van der Waals surface area contributed by atoms with E-state index in [0.29, 0.717) is 12.5 Å². The summed E-state index contributed by atoms with van der Waals surface area (Å²) in [5.41, 5.74) is 0.00860. The van der Waals surface area contributed by atoms with Crippen molar-refractivity contribution >= 4 is 17.7 Å². The van der Waals surface area contributed by atoms with Gasteiger partial charge in [0.1, 0.15) is 0 Å². The number of rotatable bonds is 5. The fourth-order valence-electron chi connectivity index (χ4n) is 2.37. The molecule has 6 heteroatoms. The molecule has 2 N–H and O–H groups in total. The lowest BCUT2D eigenvalue weighted by atomic mass is 9.86. The van der Waals surface area contributed by atoms with Gasteiger partial charge in [0.05, 0.1) is 12.4 Å². The van der Waals surface area contributed by atoms with E-state index in [2.05, 4.69) is 36.4 Å². The van der Waals surface area contributed by atoms with Crippen LogP contribution in [0.25, 0.3) is 0 Å². The molecule has 21 heavy (non-hydrogen) atoms. The van der Waals surface area contributed by atoms with E-state index < -0.39 is 0 Å². The molecule has 118 valence electrons. The van der Waals surface area contributed by atoms with Gasteiger partial charge < -0.3 is 15.2 Å². The van der Waals surface area contributed by atoms with Crippen molar-refractivity contribution in [1.82, 2.24) is 20.2 Å². The SMILES string of the molecule is CC(C)(C)C(Cn1ccnc1)NC(=O)CC1CSCCN1. The Morgan fingerprint density at radius 1 is 1.57 bits per heavy atom. The van der Waals surface area contributed by atoms with Gasteiger partial charge in [0.2, 0.25) is 5.91 Å². The van der Waals surface area contributed by atoms with Gasteiger partial charge in [0.25, 0.3) is 0 Å². The minimum atomic E-state index is 0.00860. The second kappa shape index (κ2) is 7.31. The number of thioether (sulfide) groups is 1. The van der Waals surface area contributed by atoms with Crippen molar-refractivity contribution < 1.29 is 4.79 Å². The summed E-state index contributed by atoms with van der Waals surface area (Å²) in [6.07, 6.45) is 6.06. The second-order valence-electron chi connectivity index (χ2n) is 6.68. The molecule has 2 heterocycles. The molecule has 0 bridgehead atoms. The van der Waals surface area contributed by atoms with Crippen LogP contribution in [0.3, 0.4) is 0 Å². The van der Waals surface area contributed by atoms with Crippen molar-refractivity contribution in [3.05, 3.63) is 18.7 Å². The fourth-order valence-corrected chi connectivity index (χ4v) is 3.32. The van der Waals surface area contributed by atoms with Crippen LogP contribution in [0, 0.1) is 5.41 Å². The molecule has 2 unspecified atom stereocenters. The van der Waals surface area contributed by atoms with Crippen LogP contribution in [0.4, 0.5) is 0 Å². The molecule has 0 aromatic carbocycles. The van der Waals surface area contributed by atoms with Crippen molar-refractivity contribution in [2.24, 2.45) is 5.41 Å². The molecule has 0 spiro atoms. The highest BCUT2D eigenvalue weighted by Gasteiger charge is 2.27. The zero-order valence-electron chi connectivity index (χ0n) is 13.1. The summed E-state index contributed by atoms with van der Waals surface area (Å²) >= 11 is 1.92. The Balaban J connectivity index is 1.89. The van der Waals surface area contributed by atoms with Gasteiger partial charge in [-0.1, -0.05) is 20.8 Å². The van der Waals surface area contributed by atoms with Gasteiger partial charge in [-0.3, -0.25) is 4.79 Å². The van der Waals surface area contributed by atoms with E-state index in [4.69, 9.17) is 0 Å². The van der Waals surface area contributed by atoms with E-state index in [-0.39, 0.29) is 17.4 Å². The molecule has 0 aliphatic carbocycles. The van der Waals surface area contributed by atoms with Crippen LogP contribution >= 0.6 is 11.8 Å². The molecule has 0 radical (unpaired) electrons. The maximum Gasteiger partial charge on any atom is 0.221 e. The lowest BCUT2D eigenvalue weighted by molar-refractivity contribution is -0.123. The number of hydrogen-bond donors (Lipinski definition) is 2. The van der Waals surface area contributed by atoms with E-state index in [1.807, 2.05) is 22.5 Å². The van der Waals surface area contributed by atoms with Crippen molar-refractivity contribution in [2.45, 2.75) is 45.8 Å². The zero-order chi connectivity index (χ0) is 15.3. The van der Waals surface area contributed by atoms with Gasteiger partial charge in [-0.2, -0.15) is 11.8 Å². The summed E-state index contributed by atoms with van der Waals surface area (Å²) in [7, 11) is 0. The first kappa shape index (κ1) is 16.4. The number of aromatic nitrogens is 2. The molecule has 1 aliphatic heterocycles. The van der Waals surface area contributed by atoms with Gasteiger partial charge in [0.15, 0.2) is 0 Å². The van der Waals surface area contributed by atoms with Gasteiger partial charge in [0, 0.05) is 49.5 Å². The Kier molecular flexibility index (Phi) is 5.70. The predicted molar refractivity (Wildman–Crippen MR) is 87.3 cm³/mol. The first-order chi connectivity index (χ1) is 9.95. The Labute approximate surface area is 131 Å². The largest absolute Gasteiger partial charge is 0.351 e. The van der Waals surface area contributed by atoms with Crippen LogP contribution in [0.2, 0.25) is 0 Å². The van der Waals surface area contributed by atoms with Crippen molar-refractivity contribution in [2.75, 3.05) is 18.1 Å². The number of amides is 1. The molecule has 2 rings (SSSR count). The summed E-state index contributed by atoms with van der Waals surface area (Å²) in [5, 5.41) is 6.62. The van der Waals surface area contributed by atoms with Crippen molar-refractivity contribution in [3.63, 3.8) is 0 Å². The molecule has 1 fully saturated rings. The Bertz CT molecular complexity index is 435. The number of carbonyl (C=O) groups excluding carboxylic acids is 1. The molecule has 5 nitrogen and oxygen atoms in total. The average molecular weight is 310 g/mol. The fraction of sp³-hybridized carbons (Fsp3) is 0.733. The average Bonchev–Trinajstić information content (AvgIpc) is 2.91. The third-order valence-corrected chi connectivity index (χ3v) is 4.89. The molecule has 1 amide bonds. The highest BCUT2D eigenvalue weighted by Crippen LogP contribution is 2.21. The lowest BCUT2D eigenvalue weighted by Crippen LogP contribution is -2.49. The molecule has 2 atom stereocenters. The monoisotopic (exact) mass is 310 g/mol. The van der Waals surface area contributed by atoms with Crippen LogP contribution in [0.5, 0.6) is 0 Å². The summed E-state index contributed by atoms with van der Waals surface area (Å²) in [6.45, 7) is 8.22. The molecule has 0 saturated carbocycles. The molecular weight excluding hydrogens is 284 g/mol. The molecular formula is C15H26N4OS. The van der Waals surface area contributed by atoms with Gasteiger partial charge in [-0.25, -0.2) is 4.98 Å². The third kappa shape index (κ3) is 5.36. The van der Waals surface area contributed by atoms with Crippen LogP contribution in [0.15, 0.2) is 18.7 Å². The molecule has 1 aromatic rings.